The Morgan fingerprint density at radius 1 is 1.04 bits per heavy atom. The zero-order valence-electron chi connectivity index (χ0n) is 15.4. The van der Waals surface area contributed by atoms with Crippen LogP contribution >= 0.6 is 11.8 Å². The van der Waals surface area contributed by atoms with E-state index in [0.29, 0.717) is 19.4 Å². The minimum absolute atomic E-state index is 0.00209. The van der Waals surface area contributed by atoms with Crippen LogP contribution in [0.5, 0.6) is 0 Å². The summed E-state index contributed by atoms with van der Waals surface area (Å²) in [6.45, 7) is 0.576. The molecule has 2 aromatic rings. The first-order chi connectivity index (χ1) is 13.6. The molecule has 1 aliphatic heterocycles. The van der Waals surface area contributed by atoms with Crippen molar-refractivity contribution >= 4 is 34.9 Å². The average molecular weight is 394 g/mol. The Bertz CT molecular complexity index is 863. The van der Waals surface area contributed by atoms with E-state index in [2.05, 4.69) is 10.6 Å². The summed E-state index contributed by atoms with van der Waals surface area (Å²) in [6, 6.07) is 17.8. The molecule has 0 bridgehead atoms. The zero-order chi connectivity index (χ0) is 19.8. The second-order valence-corrected chi connectivity index (χ2v) is 7.70. The average Bonchev–Trinajstić information content (AvgIpc) is 3.01. The van der Waals surface area contributed by atoms with Crippen molar-refractivity contribution in [3.63, 3.8) is 0 Å². The SMILES string of the molecule is O=C(CC=Cc1ccccc1)NCCc1ccc(C[C@H]2SC(=O)NC2=O)cc1. The number of carbonyl (C=O) groups excluding carboxylic acids is 3. The van der Waals surface area contributed by atoms with Crippen LogP contribution in [0.4, 0.5) is 4.79 Å². The number of hydrogen-bond acceptors (Lipinski definition) is 4. The summed E-state index contributed by atoms with van der Waals surface area (Å²) in [5.41, 5.74) is 3.21. The van der Waals surface area contributed by atoms with Gasteiger partial charge in [0.2, 0.25) is 11.8 Å². The lowest BCUT2D eigenvalue weighted by Gasteiger charge is -2.07. The van der Waals surface area contributed by atoms with E-state index in [1.165, 1.54) is 0 Å². The second kappa shape index (κ2) is 9.90. The van der Waals surface area contributed by atoms with E-state index >= 15 is 0 Å². The number of imide groups is 1. The van der Waals surface area contributed by atoms with Crippen molar-refractivity contribution < 1.29 is 14.4 Å². The molecule has 2 aromatic carbocycles. The van der Waals surface area contributed by atoms with Crippen LogP contribution in [0.1, 0.15) is 23.1 Å². The molecule has 1 saturated heterocycles. The van der Waals surface area contributed by atoms with Crippen molar-refractivity contribution in [2.45, 2.75) is 24.5 Å². The fraction of sp³-hybridized carbons (Fsp3) is 0.227. The van der Waals surface area contributed by atoms with Gasteiger partial charge < -0.3 is 5.32 Å². The van der Waals surface area contributed by atoms with Crippen molar-refractivity contribution in [1.82, 2.24) is 10.6 Å². The predicted molar refractivity (Wildman–Crippen MR) is 112 cm³/mol. The molecule has 1 atom stereocenters. The molecule has 6 heteroatoms. The summed E-state index contributed by atoms with van der Waals surface area (Å²) in [5, 5.41) is 4.60. The monoisotopic (exact) mass is 394 g/mol. The first-order valence-electron chi connectivity index (χ1n) is 9.18. The highest BCUT2D eigenvalue weighted by atomic mass is 32.2. The molecule has 0 radical (unpaired) electrons. The lowest BCUT2D eigenvalue weighted by Crippen LogP contribution is -2.25. The molecule has 0 saturated carbocycles. The highest BCUT2D eigenvalue weighted by Crippen LogP contribution is 2.23. The van der Waals surface area contributed by atoms with Crippen LogP contribution in [0, 0.1) is 0 Å². The van der Waals surface area contributed by atoms with E-state index in [4.69, 9.17) is 0 Å². The van der Waals surface area contributed by atoms with Gasteiger partial charge in [-0.05, 0) is 29.5 Å². The van der Waals surface area contributed by atoms with Crippen LogP contribution in [0.3, 0.4) is 0 Å². The fourth-order valence-electron chi connectivity index (χ4n) is 2.87. The van der Waals surface area contributed by atoms with Crippen LogP contribution in [-0.2, 0) is 22.4 Å². The highest BCUT2D eigenvalue weighted by molar-refractivity contribution is 8.15. The molecule has 1 fully saturated rings. The lowest BCUT2D eigenvalue weighted by molar-refractivity contribution is -0.120. The summed E-state index contributed by atoms with van der Waals surface area (Å²) in [4.78, 5) is 34.7. The number of benzene rings is 2. The van der Waals surface area contributed by atoms with E-state index in [0.717, 1.165) is 34.9 Å². The summed E-state index contributed by atoms with van der Waals surface area (Å²) in [5.74, 6) is -0.221. The number of carbonyl (C=O) groups is 3. The molecule has 1 aliphatic rings. The molecule has 2 N–H and O–H groups in total. The maximum Gasteiger partial charge on any atom is 0.286 e. The minimum Gasteiger partial charge on any atom is -0.356 e. The molecular weight excluding hydrogens is 372 g/mol. The van der Waals surface area contributed by atoms with Crippen LogP contribution in [-0.4, -0.2) is 28.8 Å². The summed E-state index contributed by atoms with van der Waals surface area (Å²) < 4.78 is 0. The van der Waals surface area contributed by atoms with Gasteiger partial charge in [0.1, 0.15) is 0 Å². The van der Waals surface area contributed by atoms with Gasteiger partial charge in [0.05, 0.1) is 5.25 Å². The molecule has 0 unspecified atom stereocenters. The molecule has 5 nitrogen and oxygen atoms in total. The minimum atomic E-state index is -0.346. The van der Waals surface area contributed by atoms with Gasteiger partial charge in [0.15, 0.2) is 0 Å². The predicted octanol–water partition coefficient (Wildman–Crippen LogP) is 3.34. The Kier molecular flexibility index (Phi) is 7.03. The largest absolute Gasteiger partial charge is 0.356 e. The van der Waals surface area contributed by atoms with Gasteiger partial charge in [-0.3, -0.25) is 19.7 Å². The lowest BCUT2D eigenvalue weighted by atomic mass is 10.1. The van der Waals surface area contributed by atoms with Crippen molar-refractivity contribution in [2.24, 2.45) is 0 Å². The van der Waals surface area contributed by atoms with Gasteiger partial charge in [-0.2, -0.15) is 0 Å². The molecular formula is C22H22N2O3S. The number of thioether (sulfide) groups is 1. The van der Waals surface area contributed by atoms with Crippen LogP contribution in [0.2, 0.25) is 0 Å². The van der Waals surface area contributed by atoms with Crippen LogP contribution < -0.4 is 10.6 Å². The molecule has 0 aromatic heterocycles. The van der Waals surface area contributed by atoms with Gasteiger partial charge in [-0.15, -0.1) is 0 Å². The van der Waals surface area contributed by atoms with Crippen molar-refractivity contribution in [3.05, 3.63) is 77.4 Å². The number of hydrogen-bond donors (Lipinski definition) is 2. The summed E-state index contributed by atoms with van der Waals surface area (Å²) in [7, 11) is 0. The van der Waals surface area contributed by atoms with Gasteiger partial charge in [0, 0.05) is 13.0 Å². The maximum atomic E-state index is 11.9. The molecule has 0 aliphatic carbocycles. The second-order valence-electron chi connectivity index (χ2n) is 6.52. The molecule has 28 heavy (non-hydrogen) atoms. The van der Waals surface area contributed by atoms with Crippen molar-refractivity contribution in [2.75, 3.05) is 6.54 Å². The normalized spacial score (nSPS) is 16.4. The third kappa shape index (κ3) is 6.09. The van der Waals surface area contributed by atoms with Gasteiger partial charge >= 0.3 is 0 Å². The molecule has 3 rings (SSSR count). The molecule has 1 heterocycles. The van der Waals surface area contributed by atoms with E-state index in [-0.39, 0.29) is 22.3 Å². The molecule has 3 amide bonds. The number of rotatable bonds is 8. The van der Waals surface area contributed by atoms with Gasteiger partial charge in [-0.1, -0.05) is 78.5 Å². The Labute approximate surface area is 168 Å². The first-order valence-corrected chi connectivity index (χ1v) is 10.1. The van der Waals surface area contributed by atoms with Gasteiger partial charge in [-0.25, -0.2) is 0 Å². The Hall–Kier alpha value is -2.86. The summed E-state index contributed by atoms with van der Waals surface area (Å²) in [6.07, 6.45) is 5.43. The van der Waals surface area contributed by atoms with E-state index in [9.17, 15) is 14.4 Å². The summed E-state index contributed by atoms with van der Waals surface area (Å²) >= 11 is 1.04. The van der Waals surface area contributed by atoms with Crippen LogP contribution in [0.15, 0.2) is 60.7 Å². The van der Waals surface area contributed by atoms with Crippen molar-refractivity contribution in [3.8, 4) is 0 Å². The Morgan fingerprint density at radius 3 is 2.43 bits per heavy atom. The topological polar surface area (TPSA) is 75.3 Å². The third-order valence-corrected chi connectivity index (χ3v) is 5.34. The van der Waals surface area contributed by atoms with E-state index < -0.39 is 0 Å². The number of amides is 3. The standard InChI is InChI=1S/C22H22N2O3S/c25-20(8-4-7-16-5-2-1-3-6-16)23-14-13-17-9-11-18(12-10-17)15-19-21(26)24-22(27)28-19/h1-7,9-12,19H,8,13-15H2,(H,23,25)(H,24,26,27)/t19-/m1/s1. The highest BCUT2D eigenvalue weighted by Gasteiger charge is 2.31. The quantitative estimate of drug-likeness (QED) is 0.720. The third-order valence-electron chi connectivity index (χ3n) is 4.36. The molecule has 0 spiro atoms. The number of nitrogens with one attached hydrogen (secondary N) is 2. The smallest absolute Gasteiger partial charge is 0.286 e. The van der Waals surface area contributed by atoms with E-state index in [1.54, 1.807) is 0 Å². The van der Waals surface area contributed by atoms with Gasteiger partial charge in [0.25, 0.3) is 5.24 Å². The van der Waals surface area contributed by atoms with Crippen LogP contribution in [0.25, 0.3) is 6.08 Å². The van der Waals surface area contributed by atoms with E-state index in [1.807, 2.05) is 66.7 Å². The Morgan fingerprint density at radius 2 is 1.75 bits per heavy atom. The van der Waals surface area contributed by atoms with Crippen molar-refractivity contribution in [1.29, 1.82) is 0 Å². The maximum absolute atomic E-state index is 11.9. The Balaban J connectivity index is 1.37. The zero-order valence-corrected chi connectivity index (χ0v) is 16.2. The fourth-order valence-corrected chi connectivity index (χ4v) is 3.73. The molecule has 144 valence electrons. The first kappa shape index (κ1) is 19.9.